The van der Waals surface area contributed by atoms with Crippen LogP contribution in [0.1, 0.15) is 47.2 Å². The van der Waals surface area contributed by atoms with Crippen molar-refractivity contribution in [3.8, 4) is 0 Å². The predicted molar refractivity (Wildman–Crippen MR) is 82.8 cm³/mol. The summed E-state index contributed by atoms with van der Waals surface area (Å²) in [5.74, 6) is 0. The number of rotatable bonds is 2. The standard InChI is InChI=1S/C18H20N2/c19-17-11-18(16-7-2-1-6-15(16)17)20-14-9-8-12-4-3-5-13(12)10-14/h1-2,6-10,17-18,20H,3-5,11,19H2. The average molecular weight is 264 g/mol. The Morgan fingerprint density at radius 1 is 0.950 bits per heavy atom. The lowest BCUT2D eigenvalue weighted by molar-refractivity contribution is 0.648. The van der Waals surface area contributed by atoms with Gasteiger partial charge >= 0.3 is 0 Å². The maximum Gasteiger partial charge on any atom is 0.0535 e. The highest BCUT2D eigenvalue weighted by Gasteiger charge is 2.28. The molecular weight excluding hydrogens is 244 g/mol. The van der Waals surface area contributed by atoms with Crippen LogP contribution in [0.4, 0.5) is 5.69 Å². The topological polar surface area (TPSA) is 38.0 Å². The molecule has 102 valence electrons. The zero-order valence-electron chi connectivity index (χ0n) is 11.6. The van der Waals surface area contributed by atoms with Crippen molar-refractivity contribution < 1.29 is 0 Å². The largest absolute Gasteiger partial charge is 0.378 e. The monoisotopic (exact) mass is 264 g/mol. The van der Waals surface area contributed by atoms with Crippen molar-refractivity contribution in [1.82, 2.24) is 0 Å². The molecule has 0 bridgehead atoms. The molecule has 0 amide bonds. The Labute approximate surface area is 120 Å². The van der Waals surface area contributed by atoms with Gasteiger partial charge in [-0.3, -0.25) is 0 Å². The van der Waals surface area contributed by atoms with Crippen molar-refractivity contribution in [3.05, 3.63) is 64.7 Å². The Morgan fingerprint density at radius 2 is 1.75 bits per heavy atom. The molecule has 2 aliphatic rings. The highest BCUT2D eigenvalue weighted by atomic mass is 14.9. The van der Waals surface area contributed by atoms with E-state index in [2.05, 4.69) is 47.8 Å². The summed E-state index contributed by atoms with van der Waals surface area (Å²) in [4.78, 5) is 0. The van der Waals surface area contributed by atoms with Crippen LogP contribution < -0.4 is 11.1 Å². The summed E-state index contributed by atoms with van der Waals surface area (Å²) >= 11 is 0. The van der Waals surface area contributed by atoms with Gasteiger partial charge in [-0.1, -0.05) is 30.3 Å². The highest BCUT2D eigenvalue weighted by molar-refractivity contribution is 5.53. The molecule has 0 radical (unpaired) electrons. The summed E-state index contributed by atoms with van der Waals surface area (Å²) in [6.07, 6.45) is 4.75. The Balaban J connectivity index is 1.61. The van der Waals surface area contributed by atoms with Gasteiger partial charge in [-0.25, -0.2) is 0 Å². The van der Waals surface area contributed by atoms with Gasteiger partial charge in [-0.15, -0.1) is 0 Å². The highest BCUT2D eigenvalue weighted by Crippen LogP contribution is 2.39. The lowest BCUT2D eigenvalue weighted by atomic mass is 10.1. The van der Waals surface area contributed by atoms with Crippen molar-refractivity contribution in [3.63, 3.8) is 0 Å². The Hall–Kier alpha value is -1.80. The number of fused-ring (bicyclic) bond motifs is 2. The molecule has 2 unspecified atom stereocenters. The molecule has 0 aromatic heterocycles. The van der Waals surface area contributed by atoms with E-state index in [1.54, 1.807) is 0 Å². The van der Waals surface area contributed by atoms with Crippen LogP contribution in [0.25, 0.3) is 0 Å². The van der Waals surface area contributed by atoms with E-state index in [9.17, 15) is 0 Å². The fourth-order valence-electron chi connectivity index (χ4n) is 3.67. The zero-order valence-corrected chi connectivity index (χ0v) is 11.6. The molecule has 2 aromatic carbocycles. The SMILES string of the molecule is NC1CC(Nc2ccc3c(c2)CCC3)c2ccccc21. The lowest BCUT2D eigenvalue weighted by Gasteiger charge is -2.16. The number of nitrogens with one attached hydrogen (secondary N) is 1. The van der Waals surface area contributed by atoms with E-state index in [0.29, 0.717) is 6.04 Å². The predicted octanol–water partition coefficient (Wildman–Crippen LogP) is 3.73. The zero-order chi connectivity index (χ0) is 13.5. The summed E-state index contributed by atoms with van der Waals surface area (Å²) in [6, 6.07) is 15.9. The molecule has 2 heteroatoms. The third kappa shape index (κ3) is 1.92. The summed E-state index contributed by atoms with van der Waals surface area (Å²) in [6.45, 7) is 0. The molecular formula is C18H20N2. The normalized spacial score (nSPS) is 23.4. The van der Waals surface area contributed by atoms with E-state index >= 15 is 0 Å². The fourth-order valence-corrected chi connectivity index (χ4v) is 3.67. The minimum atomic E-state index is 0.165. The molecule has 0 saturated carbocycles. The molecule has 0 heterocycles. The van der Waals surface area contributed by atoms with Crippen LogP contribution in [0.5, 0.6) is 0 Å². The van der Waals surface area contributed by atoms with E-state index in [1.165, 1.54) is 47.2 Å². The molecule has 0 saturated heterocycles. The second kappa shape index (κ2) is 4.64. The molecule has 2 aliphatic carbocycles. The quantitative estimate of drug-likeness (QED) is 0.867. The third-order valence-electron chi connectivity index (χ3n) is 4.70. The Morgan fingerprint density at radius 3 is 2.65 bits per heavy atom. The van der Waals surface area contributed by atoms with Gasteiger partial charge in [-0.05, 0) is 60.1 Å². The molecule has 0 fully saturated rings. The first-order chi connectivity index (χ1) is 9.81. The molecule has 3 N–H and O–H groups in total. The van der Waals surface area contributed by atoms with Gasteiger partial charge in [0.05, 0.1) is 6.04 Å². The Kier molecular flexibility index (Phi) is 2.78. The lowest BCUT2D eigenvalue weighted by Crippen LogP contribution is -2.10. The van der Waals surface area contributed by atoms with Gasteiger partial charge < -0.3 is 11.1 Å². The molecule has 0 spiro atoms. The number of benzene rings is 2. The van der Waals surface area contributed by atoms with Gasteiger partial charge in [-0.2, -0.15) is 0 Å². The van der Waals surface area contributed by atoms with Crippen LogP contribution in [0, 0.1) is 0 Å². The third-order valence-corrected chi connectivity index (χ3v) is 4.70. The second-order valence-corrected chi connectivity index (χ2v) is 6.01. The van der Waals surface area contributed by atoms with Crippen molar-refractivity contribution in [2.45, 2.75) is 37.8 Å². The van der Waals surface area contributed by atoms with Crippen molar-refractivity contribution in [2.24, 2.45) is 5.73 Å². The van der Waals surface area contributed by atoms with Crippen molar-refractivity contribution in [2.75, 3.05) is 5.32 Å². The van der Waals surface area contributed by atoms with Gasteiger partial charge in [0.2, 0.25) is 0 Å². The maximum atomic E-state index is 6.24. The summed E-state index contributed by atoms with van der Waals surface area (Å²) < 4.78 is 0. The van der Waals surface area contributed by atoms with Crippen LogP contribution in [-0.2, 0) is 12.8 Å². The van der Waals surface area contributed by atoms with Crippen LogP contribution in [0.3, 0.4) is 0 Å². The molecule has 2 atom stereocenters. The number of hydrogen-bond donors (Lipinski definition) is 2. The van der Waals surface area contributed by atoms with Crippen LogP contribution in [0.2, 0.25) is 0 Å². The number of nitrogens with two attached hydrogens (primary N) is 1. The van der Waals surface area contributed by atoms with Gasteiger partial charge in [0, 0.05) is 11.7 Å². The summed E-state index contributed by atoms with van der Waals surface area (Å²) in [5.41, 5.74) is 13.2. The first-order valence-corrected chi connectivity index (χ1v) is 7.54. The number of anilines is 1. The minimum Gasteiger partial charge on any atom is -0.378 e. The van der Waals surface area contributed by atoms with Gasteiger partial charge in [0.15, 0.2) is 0 Å². The smallest absolute Gasteiger partial charge is 0.0535 e. The van der Waals surface area contributed by atoms with Crippen molar-refractivity contribution in [1.29, 1.82) is 0 Å². The molecule has 20 heavy (non-hydrogen) atoms. The van der Waals surface area contributed by atoms with E-state index in [-0.39, 0.29) is 6.04 Å². The second-order valence-electron chi connectivity index (χ2n) is 6.01. The first-order valence-electron chi connectivity index (χ1n) is 7.54. The molecule has 2 aromatic rings. The summed E-state index contributed by atoms with van der Waals surface area (Å²) in [7, 11) is 0. The maximum absolute atomic E-state index is 6.24. The van der Waals surface area contributed by atoms with E-state index in [0.717, 1.165) is 6.42 Å². The minimum absolute atomic E-state index is 0.165. The fraction of sp³-hybridized carbons (Fsp3) is 0.333. The van der Waals surface area contributed by atoms with E-state index in [1.807, 2.05) is 0 Å². The first kappa shape index (κ1) is 12.0. The van der Waals surface area contributed by atoms with Crippen LogP contribution >= 0.6 is 0 Å². The van der Waals surface area contributed by atoms with Crippen LogP contribution in [0.15, 0.2) is 42.5 Å². The molecule has 2 nitrogen and oxygen atoms in total. The average Bonchev–Trinajstić information content (AvgIpc) is 3.05. The van der Waals surface area contributed by atoms with E-state index < -0.39 is 0 Å². The number of hydrogen-bond acceptors (Lipinski definition) is 2. The van der Waals surface area contributed by atoms with Gasteiger partial charge in [0.25, 0.3) is 0 Å². The summed E-state index contributed by atoms with van der Waals surface area (Å²) in [5, 5.41) is 3.68. The van der Waals surface area contributed by atoms with E-state index in [4.69, 9.17) is 5.73 Å². The Bertz CT molecular complexity index is 648. The molecule has 4 rings (SSSR count). The van der Waals surface area contributed by atoms with Crippen molar-refractivity contribution >= 4 is 5.69 Å². The number of aryl methyl sites for hydroxylation is 2. The molecule has 0 aliphatic heterocycles. The van der Waals surface area contributed by atoms with Crippen LogP contribution in [-0.4, -0.2) is 0 Å². The van der Waals surface area contributed by atoms with Gasteiger partial charge in [0.1, 0.15) is 0 Å².